The van der Waals surface area contributed by atoms with E-state index in [-0.39, 0.29) is 5.91 Å². The van der Waals surface area contributed by atoms with Crippen molar-refractivity contribution in [3.63, 3.8) is 0 Å². The summed E-state index contributed by atoms with van der Waals surface area (Å²) in [6.45, 7) is 6.53. The maximum absolute atomic E-state index is 10.8. The van der Waals surface area contributed by atoms with Crippen LogP contribution >= 0.6 is 0 Å². The van der Waals surface area contributed by atoms with Gasteiger partial charge < -0.3 is 15.0 Å². The molecule has 0 bridgehead atoms. The Morgan fingerprint density at radius 1 is 1.47 bits per heavy atom. The van der Waals surface area contributed by atoms with Crippen molar-refractivity contribution >= 4 is 5.91 Å². The molecule has 1 rings (SSSR count). The third kappa shape index (κ3) is 5.14. The maximum Gasteiger partial charge on any atom is 0.216 e. The van der Waals surface area contributed by atoms with Crippen molar-refractivity contribution in [2.75, 3.05) is 39.9 Å². The van der Waals surface area contributed by atoms with Gasteiger partial charge >= 0.3 is 0 Å². The van der Waals surface area contributed by atoms with E-state index in [4.69, 9.17) is 4.74 Å². The number of ether oxygens (including phenoxy) is 1. The van der Waals surface area contributed by atoms with Crippen LogP contribution in [0.25, 0.3) is 0 Å². The molecule has 0 aromatic carbocycles. The number of nitrogens with one attached hydrogen (secondary N) is 1. The van der Waals surface area contributed by atoms with E-state index in [1.165, 1.54) is 12.8 Å². The minimum Gasteiger partial charge on any atom is -0.383 e. The second-order valence-corrected chi connectivity index (χ2v) is 4.21. The van der Waals surface area contributed by atoms with Crippen LogP contribution in [0.15, 0.2) is 0 Å². The molecule has 1 heterocycles. The van der Waals surface area contributed by atoms with Gasteiger partial charge in [0, 0.05) is 27.1 Å². The fourth-order valence-corrected chi connectivity index (χ4v) is 1.92. The normalized spacial score (nSPS) is 19.1. The lowest BCUT2D eigenvalue weighted by molar-refractivity contribution is -0.119. The number of piperidine rings is 1. The average molecular weight is 214 g/mol. The van der Waals surface area contributed by atoms with Crippen LogP contribution in [0.1, 0.15) is 19.8 Å². The highest BCUT2D eigenvalue weighted by Crippen LogP contribution is 2.15. The molecule has 0 aliphatic carbocycles. The summed E-state index contributed by atoms with van der Waals surface area (Å²) < 4.78 is 5.05. The van der Waals surface area contributed by atoms with Crippen molar-refractivity contribution in [3.05, 3.63) is 0 Å². The lowest BCUT2D eigenvalue weighted by Crippen LogP contribution is -2.39. The van der Waals surface area contributed by atoms with Gasteiger partial charge in [0.2, 0.25) is 5.91 Å². The highest BCUT2D eigenvalue weighted by atomic mass is 16.5. The summed E-state index contributed by atoms with van der Waals surface area (Å²) in [5.41, 5.74) is 0. The van der Waals surface area contributed by atoms with Crippen molar-refractivity contribution < 1.29 is 9.53 Å². The molecule has 1 N–H and O–H groups in total. The summed E-state index contributed by atoms with van der Waals surface area (Å²) >= 11 is 0. The third-order valence-corrected chi connectivity index (χ3v) is 2.96. The zero-order valence-corrected chi connectivity index (χ0v) is 9.79. The number of methoxy groups -OCH3 is 1. The van der Waals surface area contributed by atoms with Crippen molar-refractivity contribution in [2.24, 2.45) is 5.92 Å². The van der Waals surface area contributed by atoms with Crippen LogP contribution in [0.3, 0.4) is 0 Å². The largest absolute Gasteiger partial charge is 0.383 e. The standard InChI is InChI=1S/C11H22N2O2/c1-10(14)12-9-11-3-5-13(6-4-11)7-8-15-2/h11H,3-9H2,1-2H3,(H,12,14). The first-order valence-corrected chi connectivity index (χ1v) is 5.68. The van der Waals surface area contributed by atoms with E-state index >= 15 is 0 Å². The van der Waals surface area contributed by atoms with Crippen molar-refractivity contribution in [1.29, 1.82) is 0 Å². The van der Waals surface area contributed by atoms with Crippen molar-refractivity contribution in [3.8, 4) is 0 Å². The van der Waals surface area contributed by atoms with E-state index in [0.29, 0.717) is 5.92 Å². The molecular weight excluding hydrogens is 192 g/mol. The fourth-order valence-electron chi connectivity index (χ4n) is 1.92. The SMILES string of the molecule is COCCN1CCC(CNC(C)=O)CC1. The Bertz CT molecular complexity index is 189. The van der Waals surface area contributed by atoms with E-state index in [1.54, 1.807) is 14.0 Å². The molecule has 1 aliphatic rings. The van der Waals surface area contributed by atoms with Crippen molar-refractivity contribution in [2.45, 2.75) is 19.8 Å². The number of carbonyl (C=O) groups is 1. The fraction of sp³-hybridized carbons (Fsp3) is 0.909. The van der Waals surface area contributed by atoms with Crippen LogP contribution < -0.4 is 5.32 Å². The molecular formula is C11H22N2O2. The number of hydrogen-bond acceptors (Lipinski definition) is 3. The summed E-state index contributed by atoms with van der Waals surface area (Å²) in [7, 11) is 1.74. The summed E-state index contributed by atoms with van der Waals surface area (Å²) in [4.78, 5) is 13.2. The second kappa shape index (κ2) is 6.80. The Morgan fingerprint density at radius 2 is 2.13 bits per heavy atom. The van der Waals surface area contributed by atoms with Crippen LogP contribution in [-0.2, 0) is 9.53 Å². The monoisotopic (exact) mass is 214 g/mol. The minimum atomic E-state index is 0.0804. The first-order chi connectivity index (χ1) is 7.22. The summed E-state index contributed by atoms with van der Waals surface area (Å²) in [5.74, 6) is 0.740. The third-order valence-electron chi connectivity index (χ3n) is 2.96. The molecule has 0 aromatic rings. The molecule has 4 nitrogen and oxygen atoms in total. The van der Waals surface area contributed by atoms with Gasteiger partial charge in [0.1, 0.15) is 0 Å². The van der Waals surface area contributed by atoms with Crippen molar-refractivity contribution in [1.82, 2.24) is 10.2 Å². The van der Waals surface area contributed by atoms with Crippen LogP contribution in [0.5, 0.6) is 0 Å². The minimum absolute atomic E-state index is 0.0804. The topological polar surface area (TPSA) is 41.6 Å². The number of carbonyl (C=O) groups excluding carboxylic acids is 1. The van der Waals surface area contributed by atoms with E-state index < -0.39 is 0 Å². The number of hydrogen-bond donors (Lipinski definition) is 1. The molecule has 0 saturated carbocycles. The van der Waals surface area contributed by atoms with E-state index in [1.807, 2.05) is 0 Å². The Labute approximate surface area is 92.0 Å². The first-order valence-electron chi connectivity index (χ1n) is 5.68. The lowest BCUT2D eigenvalue weighted by Gasteiger charge is -2.31. The number of nitrogens with zero attached hydrogens (tertiary/aromatic N) is 1. The summed E-state index contributed by atoms with van der Waals surface area (Å²) in [6, 6.07) is 0. The van der Waals surface area contributed by atoms with Gasteiger partial charge in [-0.15, -0.1) is 0 Å². The number of amides is 1. The molecule has 15 heavy (non-hydrogen) atoms. The molecule has 0 unspecified atom stereocenters. The molecule has 1 aliphatic heterocycles. The zero-order chi connectivity index (χ0) is 11.1. The average Bonchev–Trinajstić information content (AvgIpc) is 2.25. The number of likely N-dealkylation sites (tertiary alicyclic amines) is 1. The Hall–Kier alpha value is -0.610. The highest BCUT2D eigenvalue weighted by Gasteiger charge is 2.18. The Kier molecular flexibility index (Phi) is 5.65. The zero-order valence-electron chi connectivity index (χ0n) is 9.79. The van der Waals surface area contributed by atoms with Crippen LogP contribution in [0.2, 0.25) is 0 Å². The van der Waals surface area contributed by atoms with Gasteiger partial charge in [-0.1, -0.05) is 0 Å². The van der Waals surface area contributed by atoms with E-state index in [9.17, 15) is 4.79 Å². The highest BCUT2D eigenvalue weighted by molar-refractivity contribution is 5.72. The van der Waals surface area contributed by atoms with E-state index in [0.717, 1.165) is 32.8 Å². The smallest absolute Gasteiger partial charge is 0.216 e. The number of rotatable bonds is 5. The molecule has 0 aromatic heterocycles. The van der Waals surface area contributed by atoms with Crippen LogP contribution in [0.4, 0.5) is 0 Å². The van der Waals surface area contributed by atoms with Gasteiger partial charge in [0.05, 0.1) is 6.61 Å². The summed E-state index contributed by atoms with van der Waals surface area (Å²) in [5, 5.41) is 2.89. The second-order valence-electron chi connectivity index (χ2n) is 4.21. The molecule has 0 radical (unpaired) electrons. The molecule has 0 atom stereocenters. The Balaban J connectivity index is 2.09. The van der Waals surface area contributed by atoms with Gasteiger partial charge in [-0.25, -0.2) is 0 Å². The van der Waals surface area contributed by atoms with Gasteiger partial charge in [0.15, 0.2) is 0 Å². The van der Waals surface area contributed by atoms with Gasteiger partial charge in [-0.2, -0.15) is 0 Å². The molecule has 0 spiro atoms. The molecule has 1 amide bonds. The molecule has 4 heteroatoms. The lowest BCUT2D eigenvalue weighted by atomic mass is 9.97. The van der Waals surface area contributed by atoms with E-state index in [2.05, 4.69) is 10.2 Å². The molecule has 88 valence electrons. The quantitative estimate of drug-likeness (QED) is 0.724. The van der Waals surface area contributed by atoms with Gasteiger partial charge in [-0.3, -0.25) is 4.79 Å². The molecule has 1 fully saturated rings. The van der Waals surface area contributed by atoms with Gasteiger partial charge in [0.25, 0.3) is 0 Å². The molecule has 1 saturated heterocycles. The predicted molar refractivity (Wildman–Crippen MR) is 59.7 cm³/mol. The summed E-state index contributed by atoms with van der Waals surface area (Å²) in [6.07, 6.45) is 2.37. The van der Waals surface area contributed by atoms with Crippen LogP contribution in [0, 0.1) is 5.92 Å². The first kappa shape index (κ1) is 12.5. The Morgan fingerprint density at radius 3 is 2.67 bits per heavy atom. The maximum atomic E-state index is 10.8. The predicted octanol–water partition coefficient (Wildman–Crippen LogP) is 0.481. The van der Waals surface area contributed by atoms with Gasteiger partial charge in [-0.05, 0) is 31.8 Å². The van der Waals surface area contributed by atoms with Crippen LogP contribution in [-0.4, -0.2) is 50.7 Å².